The Kier molecular flexibility index (Phi) is 4.63. The van der Waals surface area contributed by atoms with Gasteiger partial charge in [0.15, 0.2) is 23.0 Å². The van der Waals surface area contributed by atoms with Crippen molar-refractivity contribution in [2.75, 3.05) is 0 Å². The highest BCUT2D eigenvalue weighted by Crippen LogP contribution is 2.35. The van der Waals surface area contributed by atoms with Crippen molar-refractivity contribution in [3.8, 4) is 23.0 Å². The number of rotatable bonds is 4. The zero-order chi connectivity index (χ0) is 19.9. The Bertz CT molecular complexity index is 1140. The number of hydrogen-bond acceptors (Lipinski definition) is 6. The van der Waals surface area contributed by atoms with Gasteiger partial charge in [-0.15, -0.1) is 0 Å². The van der Waals surface area contributed by atoms with Crippen LogP contribution in [-0.4, -0.2) is 33.4 Å². The van der Waals surface area contributed by atoms with E-state index >= 15 is 0 Å². The first-order valence-electron chi connectivity index (χ1n) is 8.04. The average molecular weight is 390 g/mol. The Morgan fingerprint density at radius 3 is 1.93 bits per heavy atom. The van der Waals surface area contributed by atoms with Gasteiger partial charge in [-0.05, 0) is 70.6 Å². The van der Waals surface area contributed by atoms with Crippen LogP contribution in [0.3, 0.4) is 0 Å². The molecule has 0 aromatic heterocycles. The maximum Gasteiger partial charge on any atom is 0.294 e. The number of phenolic OH excluding ortho intramolecular Hbond substituents is 4. The van der Waals surface area contributed by atoms with E-state index in [1.54, 1.807) is 13.0 Å². The predicted octanol–water partition coefficient (Wildman–Crippen LogP) is 3.26. The molecule has 0 spiro atoms. The van der Waals surface area contributed by atoms with E-state index in [0.717, 1.165) is 0 Å². The fourth-order valence-electron chi connectivity index (χ4n) is 3.05. The highest BCUT2D eigenvalue weighted by Gasteiger charge is 2.20. The Morgan fingerprint density at radius 2 is 1.37 bits per heavy atom. The summed E-state index contributed by atoms with van der Waals surface area (Å²) in [5.74, 6) is -1.53. The fourth-order valence-corrected chi connectivity index (χ4v) is 3.80. The lowest BCUT2D eigenvalue weighted by Crippen LogP contribution is -2.07. The molecule has 142 valence electrons. The molecule has 0 saturated heterocycles. The third-order valence-electron chi connectivity index (χ3n) is 4.49. The minimum atomic E-state index is -4.52. The van der Waals surface area contributed by atoms with Crippen LogP contribution in [0.4, 0.5) is 0 Å². The lowest BCUT2D eigenvalue weighted by atomic mass is 9.92. The van der Waals surface area contributed by atoms with Crippen LogP contribution in [0.15, 0.2) is 47.4 Å². The SMILES string of the molecule is CC(Cc1cc2cc(O)c(O)cc2cc1S(=O)(=O)O)c1ccc(O)c(O)c1. The van der Waals surface area contributed by atoms with E-state index in [1.807, 2.05) is 0 Å². The molecule has 0 aliphatic heterocycles. The largest absolute Gasteiger partial charge is 0.504 e. The average Bonchev–Trinajstić information content (AvgIpc) is 2.57. The van der Waals surface area contributed by atoms with E-state index in [4.69, 9.17) is 0 Å². The van der Waals surface area contributed by atoms with Gasteiger partial charge in [-0.1, -0.05) is 13.0 Å². The van der Waals surface area contributed by atoms with E-state index in [0.29, 0.717) is 21.9 Å². The van der Waals surface area contributed by atoms with Gasteiger partial charge in [-0.3, -0.25) is 4.55 Å². The topological polar surface area (TPSA) is 135 Å². The van der Waals surface area contributed by atoms with E-state index in [1.165, 1.54) is 36.4 Å². The van der Waals surface area contributed by atoms with Gasteiger partial charge in [0.2, 0.25) is 0 Å². The smallest absolute Gasteiger partial charge is 0.294 e. The van der Waals surface area contributed by atoms with E-state index in [9.17, 15) is 33.4 Å². The van der Waals surface area contributed by atoms with Crippen LogP contribution in [0, 0.1) is 0 Å². The van der Waals surface area contributed by atoms with Crippen LogP contribution in [-0.2, 0) is 16.5 Å². The summed E-state index contributed by atoms with van der Waals surface area (Å²) in [6, 6.07) is 9.61. The summed E-state index contributed by atoms with van der Waals surface area (Å²) in [6.07, 6.45) is 0.205. The van der Waals surface area contributed by atoms with Gasteiger partial charge in [0.25, 0.3) is 10.1 Å². The number of aromatic hydroxyl groups is 4. The maximum absolute atomic E-state index is 11.8. The van der Waals surface area contributed by atoms with Gasteiger partial charge < -0.3 is 20.4 Å². The third-order valence-corrected chi connectivity index (χ3v) is 5.42. The first-order valence-corrected chi connectivity index (χ1v) is 9.48. The molecule has 7 nitrogen and oxygen atoms in total. The van der Waals surface area contributed by atoms with E-state index in [-0.39, 0.29) is 34.5 Å². The Morgan fingerprint density at radius 1 is 0.815 bits per heavy atom. The normalized spacial score (nSPS) is 13.0. The number of benzene rings is 3. The van der Waals surface area contributed by atoms with E-state index in [2.05, 4.69) is 0 Å². The quantitative estimate of drug-likeness (QED) is 0.341. The van der Waals surface area contributed by atoms with Crippen molar-refractivity contribution in [2.24, 2.45) is 0 Å². The minimum Gasteiger partial charge on any atom is -0.504 e. The van der Waals surface area contributed by atoms with Gasteiger partial charge in [-0.25, -0.2) is 0 Å². The molecule has 0 saturated carbocycles. The molecule has 0 fully saturated rings. The highest BCUT2D eigenvalue weighted by molar-refractivity contribution is 7.85. The molecular formula is C19H18O7S. The molecule has 0 radical (unpaired) electrons. The molecule has 0 bridgehead atoms. The molecule has 0 heterocycles. The van der Waals surface area contributed by atoms with Crippen molar-refractivity contribution in [3.63, 3.8) is 0 Å². The monoisotopic (exact) mass is 390 g/mol. The highest BCUT2D eigenvalue weighted by atomic mass is 32.2. The molecule has 3 rings (SSSR count). The maximum atomic E-state index is 11.8. The fraction of sp³-hybridized carbons (Fsp3) is 0.158. The second kappa shape index (κ2) is 6.64. The molecule has 3 aromatic rings. The van der Waals surface area contributed by atoms with Crippen LogP contribution in [0.1, 0.15) is 24.0 Å². The summed E-state index contributed by atoms with van der Waals surface area (Å²) in [5.41, 5.74) is 0.982. The van der Waals surface area contributed by atoms with Gasteiger partial charge in [-0.2, -0.15) is 8.42 Å². The first-order chi connectivity index (χ1) is 12.6. The van der Waals surface area contributed by atoms with Gasteiger partial charge in [0.05, 0.1) is 4.90 Å². The van der Waals surface area contributed by atoms with Gasteiger partial charge >= 0.3 is 0 Å². The van der Waals surface area contributed by atoms with Crippen LogP contribution >= 0.6 is 0 Å². The number of phenols is 4. The summed E-state index contributed by atoms with van der Waals surface area (Å²) in [5, 5.41) is 39.2. The minimum absolute atomic E-state index is 0.205. The van der Waals surface area contributed by atoms with Crippen LogP contribution in [0.25, 0.3) is 10.8 Å². The summed E-state index contributed by atoms with van der Waals surface area (Å²) >= 11 is 0. The molecule has 5 N–H and O–H groups in total. The van der Waals surface area contributed by atoms with Crippen LogP contribution < -0.4 is 0 Å². The van der Waals surface area contributed by atoms with Gasteiger partial charge in [0.1, 0.15) is 0 Å². The molecule has 1 atom stereocenters. The zero-order valence-corrected chi connectivity index (χ0v) is 15.1. The molecule has 8 heteroatoms. The lowest BCUT2D eigenvalue weighted by Gasteiger charge is -2.16. The first kappa shape index (κ1) is 18.8. The molecule has 0 aliphatic carbocycles. The standard InChI is InChI=1S/C19H18O7S/c1-10(11-2-3-15(20)16(21)6-11)4-14-5-12-7-17(22)18(23)8-13(12)9-19(14)27(24,25)26/h2-3,5-10,20-23H,4H2,1H3,(H,24,25,26). The van der Waals surface area contributed by atoms with E-state index < -0.39 is 15.9 Å². The van der Waals surface area contributed by atoms with Crippen molar-refractivity contribution in [3.05, 3.63) is 53.6 Å². The predicted molar refractivity (Wildman–Crippen MR) is 99.0 cm³/mol. The summed E-state index contributed by atoms with van der Waals surface area (Å²) in [6.45, 7) is 1.80. The molecule has 0 amide bonds. The molecule has 3 aromatic carbocycles. The van der Waals surface area contributed by atoms with Crippen molar-refractivity contribution >= 4 is 20.9 Å². The summed E-state index contributed by atoms with van der Waals surface area (Å²) in [7, 11) is -4.52. The molecule has 0 aliphatic rings. The van der Waals surface area contributed by atoms with Crippen LogP contribution in [0.2, 0.25) is 0 Å². The summed E-state index contributed by atoms with van der Waals surface area (Å²) < 4.78 is 33.3. The van der Waals surface area contributed by atoms with Gasteiger partial charge in [0, 0.05) is 0 Å². The molecular weight excluding hydrogens is 372 g/mol. The Labute approximate surface area is 155 Å². The lowest BCUT2D eigenvalue weighted by molar-refractivity contribution is 0.402. The van der Waals surface area contributed by atoms with Crippen LogP contribution in [0.5, 0.6) is 23.0 Å². The van der Waals surface area contributed by atoms with Crippen molar-refractivity contribution in [2.45, 2.75) is 24.2 Å². The van der Waals surface area contributed by atoms with Crippen molar-refractivity contribution in [1.29, 1.82) is 0 Å². The number of hydrogen-bond donors (Lipinski definition) is 5. The Hall–Kier alpha value is -2.97. The Balaban J connectivity index is 2.10. The second-order valence-corrected chi connectivity index (χ2v) is 7.87. The zero-order valence-electron chi connectivity index (χ0n) is 14.3. The second-order valence-electron chi connectivity index (χ2n) is 6.48. The third kappa shape index (κ3) is 3.76. The summed E-state index contributed by atoms with van der Waals surface area (Å²) in [4.78, 5) is -0.296. The van der Waals surface area contributed by atoms with Crippen molar-refractivity contribution < 1.29 is 33.4 Å². The molecule has 27 heavy (non-hydrogen) atoms. The molecule has 1 unspecified atom stereocenters. The van der Waals surface area contributed by atoms with Crippen molar-refractivity contribution in [1.82, 2.24) is 0 Å². The number of fused-ring (bicyclic) bond motifs is 1.